The molecular formula is C23H26N4OS. The number of hydrogen-bond acceptors (Lipinski definition) is 4. The van der Waals surface area contributed by atoms with Gasteiger partial charge in [0, 0.05) is 32.0 Å². The largest absolute Gasteiger partial charge is 0.355 e. The van der Waals surface area contributed by atoms with Crippen molar-refractivity contribution in [3.63, 3.8) is 0 Å². The summed E-state index contributed by atoms with van der Waals surface area (Å²) < 4.78 is 2.23. The summed E-state index contributed by atoms with van der Waals surface area (Å²) in [4.78, 5) is 22.3. The highest BCUT2D eigenvalue weighted by Gasteiger charge is 2.50. The van der Waals surface area contributed by atoms with Gasteiger partial charge in [0.2, 0.25) is 5.91 Å². The summed E-state index contributed by atoms with van der Waals surface area (Å²) in [6.07, 6.45) is 7.68. The van der Waals surface area contributed by atoms with E-state index in [9.17, 15) is 4.79 Å². The topological polar surface area (TPSA) is 41.4 Å². The Morgan fingerprint density at radius 1 is 1.28 bits per heavy atom. The van der Waals surface area contributed by atoms with Gasteiger partial charge in [-0.25, -0.2) is 4.98 Å². The lowest BCUT2D eigenvalue weighted by Gasteiger charge is -2.47. The van der Waals surface area contributed by atoms with E-state index >= 15 is 0 Å². The first kappa shape index (κ1) is 18.4. The van der Waals surface area contributed by atoms with Crippen LogP contribution in [0.2, 0.25) is 0 Å². The van der Waals surface area contributed by atoms with Gasteiger partial charge in [-0.3, -0.25) is 4.79 Å². The number of pyridine rings is 1. The van der Waals surface area contributed by atoms with Crippen LogP contribution in [0.4, 0.5) is 5.69 Å². The minimum Gasteiger partial charge on any atom is -0.355 e. The van der Waals surface area contributed by atoms with Gasteiger partial charge >= 0.3 is 0 Å². The van der Waals surface area contributed by atoms with E-state index in [1.165, 1.54) is 11.4 Å². The van der Waals surface area contributed by atoms with Crippen LogP contribution in [-0.2, 0) is 16.8 Å². The van der Waals surface area contributed by atoms with Gasteiger partial charge in [-0.2, -0.15) is 11.3 Å². The zero-order valence-corrected chi connectivity index (χ0v) is 17.6. The minimum atomic E-state index is -0.182. The molecule has 3 aromatic rings. The number of thiophene rings is 1. The number of aromatic nitrogens is 2. The van der Waals surface area contributed by atoms with Gasteiger partial charge in [0.15, 0.2) is 5.82 Å². The smallest absolute Gasteiger partial charge is 0.227 e. The second-order valence-electron chi connectivity index (χ2n) is 8.02. The van der Waals surface area contributed by atoms with Crippen LogP contribution in [0, 0.1) is 0 Å². The Hall–Kier alpha value is -2.60. The molecule has 0 aromatic carbocycles. The lowest BCUT2D eigenvalue weighted by atomic mass is 9.88. The average Bonchev–Trinajstić information content (AvgIpc) is 3.49. The van der Waals surface area contributed by atoms with Crippen LogP contribution in [-0.4, -0.2) is 40.0 Å². The van der Waals surface area contributed by atoms with E-state index < -0.39 is 0 Å². The van der Waals surface area contributed by atoms with Gasteiger partial charge in [0.05, 0.1) is 17.8 Å². The highest BCUT2D eigenvalue weighted by molar-refractivity contribution is 7.08. The van der Waals surface area contributed by atoms with Crippen molar-refractivity contribution in [3.05, 3.63) is 64.7 Å². The van der Waals surface area contributed by atoms with Crippen LogP contribution in [0.3, 0.4) is 0 Å². The van der Waals surface area contributed by atoms with Crippen LogP contribution in [0.1, 0.15) is 37.4 Å². The third kappa shape index (κ3) is 2.97. The molecule has 6 heteroatoms. The molecule has 1 atom stereocenters. The van der Waals surface area contributed by atoms with E-state index in [0.29, 0.717) is 6.42 Å². The van der Waals surface area contributed by atoms with Crippen molar-refractivity contribution < 1.29 is 4.79 Å². The normalized spacial score (nSPS) is 20.2. The Kier molecular flexibility index (Phi) is 4.66. The molecule has 5 rings (SSSR count). The third-order valence-electron chi connectivity index (χ3n) is 6.30. The Bertz CT molecular complexity index is 1010. The Labute approximate surface area is 175 Å². The van der Waals surface area contributed by atoms with Gasteiger partial charge in [-0.15, -0.1) is 0 Å². The highest BCUT2D eigenvalue weighted by Crippen LogP contribution is 2.47. The number of rotatable bonds is 5. The molecule has 1 amide bonds. The molecule has 0 unspecified atom stereocenters. The van der Waals surface area contributed by atoms with Gasteiger partial charge in [-0.1, -0.05) is 13.3 Å². The molecule has 0 N–H and O–H groups in total. The molecule has 0 saturated carbocycles. The maximum atomic E-state index is 13.0. The summed E-state index contributed by atoms with van der Waals surface area (Å²) in [7, 11) is 0. The number of nitrogens with zero attached hydrogens (tertiary/aromatic N) is 4. The van der Waals surface area contributed by atoms with Crippen molar-refractivity contribution in [1.29, 1.82) is 0 Å². The molecule has 2 aliphatic rings. The monoisotopic (exact) mass is 406 g/mol. The van der Waals surface area contributed by atoms with Crippen LogP contribution in [0.25, 0.3) is 5.82 Å². The van der Waals surface area contributed by atoms with Crippen LogP contribution < -0.4 is 4.90 Å². The fourth-order valence-electron chi connectivity index (χ4n) is 4.86. The SMILES string of the molecule is CCCCN1c2cccnc2-n2cccc2[C@@]12CCN(C(=O)Cc1ccsc1)C2. The van der Waals surface area contributed by atoms with E-state index in [1.807, 2.05) is 17.6 Å². The van der Waals surface area contributed by atoms with Crippen molar-refractivity contribution in [2.24, 2.45) is 0 Å². The maximum absolute atomic E-state index is 13.0. The lowest BCUT2D eigenvalue weighted by molar-refractivity contribution is -0.129. The Morgan fingerprint density at radius 3 is 3.03 bits per heavy atom. The van der Waals surface area contributed by atoms with E-state index in [1.54, 1.807) is 11.3 Å². The lowest BCUT2D eigenvalue weighted by Crippen LogP contribution is -2.53. The summed E-state index contributed by atoms with van der Waals surface area (Å²) in [5.41, 5.74) is 3.37. The van der Waals surface area contributed by atoms with E-state index in [4.69, 9.17) is 4.98 Å². The summed E-state index contributed by atoms with van der Waals surface area (Å²) in [5, 5.41) is 4.11. The molecule has 150 valence electrons. The number of likely N-dealkylation sites (tertiary alicyclic amines) is 1. The van der Waals surface area contributed by atoms with Crippen LogP contribution in [0.15, 0.2) is 53.5 Å². The quantitative estimate of drug-likeness (QED) is 0.637. The minimum absolute atomic E-state index is 0.182. The summed E-state index contributed by atoms with van der Waals surface area (Å²) >= 11 is 1.65. The summed E-state index contributed by atoms with van der Waals surface area (Å²) in [6.45, 7) is 4.74. The fraction of sp³-hybridized carbons (Fsp3) is 0.391. The molecule has 1 saturated heterocycles. The van der Waals surface area contributed by atoms with E-state index in [2.05, 4.69) is 57.1 Å². The first-order valence-electron chi connectivity index (χ1n) is 10.4. The number of hydrogen-bond donors (Lipinski definition) is 0. The zero-order chi connectivity index (χ0) is 19.8. The van der Waals surface area contributed by atoms with Gasteiger partial charge in [0.1, 0.15) is 5.54 Å². The average molecular weight is 407 g/mol. The standard InChI is InChI=1S/C23H26N4OS/c1-2-3-12-27-19-6-4-10-24-22(19)26-11-5-7-20(26)23(27)9-13-25(17-23)21(28)15-18-8-14-29-16-18/h4-8,10-11,14,16H,2-3,9,12-13,15,17H2,1H3/t23-/m0/s1. The molecule has 0 radical (unpaired) electrons. The van der Waals surface area contributed by atoms with Crippen molar-refractivity contribution in [3.8, 4) is 5.82 Å². The third-order valence-corrected chi connectivity index (χ3v) is 7.03. The zero-order valence-electron chi connectivity index (χ0n) is 16.8. The molecule has 2 aliphatic heterocycles. The van der Waals surface area contributed by atoms with Crippen molar-refractivity contribution >= 4 is 22.9 Å². The maximum Gasteiger partial charge on any atom is 0.227 e. The van der Waals surface area contributed by atoms with Crippen molar-refractivity contribution in [2.45, 2.75) is 38.1 Å². The predicted molar refractivity (Wildman–Crippen MR) is 117 cm³/mol. The van der Waals surface area contributed by atoms with E-state index in [0.717, 1.165) is 50.3 Å². The van der Waals surface area contributed by atoms with Crippen molar-refractivity contribution in [1.82, 2.24) is 14.5 Å². The summed E-state index contributed by atoms with van der Waals surface area (Å²) in [6, 6.07) is 10.6. The second-order valence-corrected chi connectivity index (χ2v) is 8.80. The van der Waals surface area contributed by atoms with Crippen LogP contribution in [0.5, 0.6) is 0 Å². The molecule has 0 bridgehead atoms. The summed E-state index contributed by atoms with van der Waals surface area (Å²) in [5.74, 6) is 1.23. The molecule has 3 aromatic heterocycles. The number of unbranched alkanes of at least 4 members (excludes halogenated alkanes) is 1. The highest BCUT2D eigenvalue weighted by atomic mass is 32.1. The van der Waals surface area contributed by atoms with Crippen LogP contribution >= 0.6 is 11.3 Å². The van der Waals surface area contributed by atoms with E-state index in [-0.39, 0.29) is 11.4 Å². The van der Waals surface area contributed by atoms with Gasteiger partial charge < -0.3 is 14.4 Å². The Morgan fingerprint density at radius 2 is 2.21 bits per heavy atom. The molecule has 5 nitrogen and oxygen atoms in total. The molecular weight excluding hydrogens is 380 g/mol. The molecule has 1 spiro atoms. The fourth-order valence-corrected chi connectivity index (χ4v) is 5.53. The second kappa shape index (κ2) is 7.34. The molecule has 29 heavy (non-hydrogen) atoms. The van der Waals surface area contributed by atoms with Crippen molar-refractivity contribution in [2.75, 3.05) is 24.5 Å². The molecule has 5 heterocycles. The number of carbonyl (C=O) groups is 1. The molecule has 0 aliphatic carbocycles. The Balaban J connectivity index is 1.51. The first-order chi connectivity index (χ1) is 14.2. The number of amides is 1. The first-order valence-corrected chi connectivity index (χ1v) is 11.4. The predicted octanol–water partition coefficient (Wildman–Crippen LogP) is 4.22. The number of fused-ring (bicyclic) bond motifs is 4. The van der Waals surface area contributed by atoms with Gasteiger partial charge in [0.25, 0.3) is 0 Å². The van der Waals surface area contributed by atoms with Gasteiger partial charge in [-0.05, 0) is 59.5 Å². The molecule has 1 fully saturated rings. The number of carbonyl (C=O) groups excluding carboxylic acids is 1. The number of anilines is 1.